The molecule has 0 spiro atoms. The lowest BCUT2D eigenvalue weighted by atomic mass is 10.1. The second-order valence-corrected chi connectivity index (χ2v) is 9.03. The van der Waals surface area contributed by atoms with Gasteiger partial charge in [-0.2, -0.15) is 0 Å². The summed E-state index contributed by atoms with van der Waals surface area (Å²) in [5, 5.41) is 20.4. The Morgan fingerprint density at radius 3 is 2.14 bits per heavy atom. The minimum Gasteiger partial charge on any atom is -0.478 e. The Morgan fingerprint density at radius 1 is 1.11 bits per heavy atom. The molecule has 0 aliphatic rings. The molecule has 2 unspecified atom stereocenters. The van der Waals surface area contributed by atoms with Crippen molar-refractivity contribution >= 4 is 91.4 Å². The summed E-state index contributed by atoms with van der Waals surface area (Å²) in [6.45, 7) is 2.32. The number of carboxylic acids is 1. The first-order valence-corrected chi connectivity index (χ1v) is 11.0. The number of rotatable bonds is 8. The molecule has 0 heterocycles. The Kier molecular flexibility index (Phi) is 10.1. The quantitative estimate of drug-likeness (QED) is 0.159. The van der Waals surface area contributed by atoms with Gasteiger partial charge in [-0.1, -0.05) is 0 Å². The summed E-state index contributed by atoms with van der Waals surface area (Å²) < 4.78 is 11.3. The standard InChI is InChI=1S/C16H19I3N2O7/c1-6(22)27-5-8(28-7(2)23)4-21(3)15(24)9-11(17)10(16(25)26)13(19)14(20)12(9)18/h8,15,24H,4-5,20H2,1-3H3,(H,25,26). The summed E-state index contributed by atoms with van der Waals surface area (Å²) in [6.07, 6.45) is -2.04. The molecule has 9 nitrogen and oxygen atoms in total. The van der Waals surface area contributed by atoms with Gasteiger partial charge >= 0.3 is 17.9 Å². The first kappa shape index (κ1) is 25.6. The van der Waals surface area contributed by atoms with Crippen LogP contribution in [-0.4, -0.2) is 59.3 Å². The fraction of sp³-hybridized carbons (Fsp3) is 0.438. The molecule has 28 heavy (non-hydrogen) atoms. The van der Waals surface area contributed by atoms with Crippen LogP contribution in [0.3, 0.4) is 0 Å². The molecule has 0 aliphatic heterocycles. The number of hydrogen-bond donors (Lipinski definition) is 3. The lowest BCUT2D eigenvalue weighted by molar-refractivity contribution is -0.158. The molecule has 1 aromatic carbocycles. The van der Waals surface area contributed by atoms with Gasteiger partial charge in [0.1, 0.15) is 18.9 Å². The van der Waals surface area contributed by atoms with Gasteiger partial charge in [-0.25, -0.2) is 4.79 Å². The number of aliphatic hydroxyl groups excluding tert-OH is 1. The number of hydrogen-bond acceptors (Lipinski definition) is 8. The number of esters is 2. The van der Waals surface area contributed by atoms with E-state index < -0.39 is 30.2 Å². The van der Waals surface area contributed by atoms with Crippen molar-refractivity contribution in [3.63, 3.8) is 0 Å². The molecule has 0 saturated carbocycles. The SMILES string of the molecule is CC(=O)OCC(CN(C)C(O)c1c(I)c(N)c(I)c(C(=O)O)c1I)OC(C)=O. The van der Waals surface area contributed by atoms with Gasteiger partial charge in [0, 0.05) is 33.1 Å². The lowest BCUT2D eigenvalue weighted by Crippen LogP contribution is -2.38. The second kappa shape index (κ2) is 11.1. The predicted octanol–water partition coefficient (Wildman–Crippen LogP) is 2.20. The van der Waals surface area contributed by atoms with E-state index in [2.05, 4.69) is 0 Å². The van der Waals surface area contributed by atoms with Crippen LogP contribution in [-0.2, 0) is 19.1 Å². The van der Waals surface area contributed by atoms with Gasteiger partial charge in [-0.05, 0) is 74.8 Å². The van der Waals surface area contributed by atoms with E-state index in [9.17, 15) is 24.6 Å². The van der Waals surface area contributed by atoms with Crippen LogP contribution in [0.2, 0.25) is 0 Å². The zero-order valence-electron chi connectivity index (χ0n) is 15.2. The maximum absolute atomic E-state index is 11.6. The van der Waals surface area contributed by atoms with E-state index >= 15 is 0 Å². The molecular weight excluding hydrogens is 713 g/mol. The Balaban J connectivity index is 3.21. The maximum atomic E-state index is 11.6. The Hall–Kier alpha value is -0.460. The first-order valence-electron chi connectivity index (χ1n) is 7.76. The fourth-order valence-corrected chi connectivity index (χ4v) is 6.51. The van der Waals surface area contributed by atoms with Crippen molar-refractivity contribution in [1.82, 2.24) is 4.90 Å². The van der Waals surface area contributed by atoms with E-state index in [1.165, 1.54) is 18.7 Å². The van der Waals surface area contributed by atoms with Gasteiger partial charge in [-0.15, -0.1) is 0 Å². The highest BCUT2D eigenvalue weighted by molar-refractivity contribution is 14.1. The normalized spacial score (nSPS) is 13.1. The van der Waals surface area contributed by atoms with Crippen LogP contribution >= 0.6 is 67.8 Å². The number of halogens is 3. The van der Waals surface area contributed by atoms with Gasteiger partial charge in [0.2, 0.25) is 0 Å². The molecule has 0 amide bonds. The van der Waals surface area contributed by atoms with E-state index in [1.807, 2.05) is 67.8 Å². The van der Waals surface area contributed by atoms with Crippen LogP contribution in [0.15, 0.2) is 0 Å². The maximum Gasteiger partial charge on any atom is 0.337 e. The molecule has 1 aromatic rings. The number of nitrogens with zero attached hydrogens (tertiary/aromatic N) is 1. The fourth-order valence-electron chi connectivity index (χ4n) is 2.33. The van der Waals surface area contributed by atoms with Gasteiger partial charge in [0.05, 0.1) is 14.8 Å². The number of ether oxygens (including phenoxy) is 2. The molecule has 4 N–H and O–H groups in total. The number of likely N-dealkylation sites (N-methyl/N-ethyl adjacent to an activating group) is 1. The molecule has 156 valence electrons. The number of nitrogen functional groups attached to an aromatic ring is 1. The van der Waals surface area contributed by atoms with Crippen molar-refractivity contribution in [2.45, 2.75) is 26.2 Å². The minimum atomic E-state index is -1.23. The van der Waals surface area contributed by atoms with Gasteiger partial charge in [0.15, 0.2) is 0 Å². The molecule has 0 aliphatic carbocycles. The number of anilines is 1. The molecule has 2 atom stereocenters. The number of aromatic carboxylic acids is 1. The van der Waals surface area contributed by atoms with Crippen molar-refractivity contribution < 1.29 is 34.1 Å². The number of aliphatic hydroxyl groups is 1. The molecule has 0 aromatic heterocycles. The summed E-state index contributed by atoms with van der Waals surface area (Å²) in [5.41, 5.74) is 6.65. The smallest absolute Gasteiger partial charge is 0.337 e. The molecule has 0 bridgehead atoms. The lowest BCUT2D eigenvalue weighted by Gasteiger charge is -2.29. The van der Waals surface area contributed by atoms with E-state index in [-0.39, 0.29) is 24.4 Å². The van der Waals surface area contributed by atoms with E-state index in [0.717, 1.165) is 0 Å². The average molecular weight is 732 g/mol. The zero-order valence-corrected chi connectivity index (χ0v) is 21.6. The molecule has 0 saturated heterocycles. The van der Waals surface area contributed by atoms with E-state index in [4.69, 9.17) is 15.2 Å². The minimum absolute atomic E-state index is 0.0121. The molecule has 0 fully saturated rings. The van der Waals surface area contributed by atoms with Gasteiger partial charge in [-0.3, -0.25) is 14.5 Å². The van der Waals surface area contributed by atoms with Crippen molar-refractivity contribution in [3.05, 3.63) is 21.8 Å². The summed E-state index contributed by atoms with van der Waals surface area (Å²) in [4.78, 5) is 35.4. The highest BCUT2D eigenvalue weighted by atomic mass is 127. The van der Waals surface area contributed by atoms with Crippen LogP contribution in [0.4, 0.5) is 5.69 Å². The zero-order chi connectivity index (χ0) is 21.8. The monoisotopic (exact) mass is 732 g/mol. The summed E-state index contributed by atoms with van der Waals surface area (Å²) in [7, 11) is 1.57. The molecule has 1 rings (SSSR count). The third-order valence-corrected chi connectivity index (χ3v) is 6.97. The van der Waals surface area contributed by atoms with Crippen molar-refractivity contribution in [3.8, 4) is 0 Å². The van der Waals surface area contributed by atoms with Crippen molar-refractivity contribution in [2.24, 2.45) is 0 Å². The van der Waals surface area contributed by atoms with Gasteiger partial charge < -0.3 is 25.4 Å². The summed E-state index contributed by atoms with van der Waals surface area (Å²) in [5.74, 6) is -2.24. The van der Waals surface area contributed by atoms with Crippen molar-refractivity contribution in [2.75, 3.05) is 25.9 Å². The number of carbonyl (C=O) groups is 3. The van der Waals surface area contributed by atoms with Crippen LogP contribution in [0.1, 0.15) is 36.0 Å². The number of carbonyl (C=O) groups excluding carboxylic acids is 2. The molecule has 12 heteroatoms. The Labute approximate surface area is 202 Å². The van der Waals surface area contributed by atoms with Crippen LogP contribution in [0, 0.1) is 10.7 Å². The van der Waals surface area contributed by atoms with Crippen LogP contribution in [0.5, 0.6) is 0 Å². The van der Waals surface area contributed by atoms with Crippen LogP contribution in [0.25, 0.3) is 0 Å². The third kappa shape index (κ3) is 6.53. The third-order valence-electron chi connectivity index (χ3n) is 3.57. The number of carboxylic acid groups (broad SMARTS) is 1. The Bertz CT molecular complexity index is 788. The first-order chi connectivity index (χ1) is 12.9. The average Bonchev–Trinajstić information content (AvgIpc) is 2.56. The molecular formula is C16H19I3N2O7. The largest absolute Gasteiger partial charge is 0.478 e. The van der Waals surface area contributed by atoms with E-state index in [1.54, 1.807) is 7.05 Å². The van der Waals surface area contributed by atoms with Crippen molar-refractivity contribution in [1.29, 1.82) is 0 Å². The number of benzene rings is 1. The summed E-state index contributed by atoms with van der Waals surface area (Å²) in [6, 6.07) is 0. The van der Waals surface area contributed by atoms with Gasteiger partial charge in [0.25, 0.3) is 0 Å². The predicted molar refractivity (Wildman–Crippen MR) is 126 cm³/mol. The summed E-state index contributed by atoms with van der Waals surface area (Å²) >= 11 is 5.68. The Morgan fingerprint density at radius 2 is 1.68 bits per heavy atom. The van der Waals surface area contributed by atoms with E-state index in [0.29, 0.717) is 16.3 Å². The van der Waals surface area contributed by atoms with Crippen LogP contribution < -0.4 is 5.73 Å². The number of nitrogens with two attached hydrogens (primary N) is 1. The highest BCUT2D eigenvalue weighted by Gasteiger charge is 2.30. The second-order valence-electron chi connectivity index (χ2n) is 5.80. The topological polar surface area (TPSA) is 139 Å². The molecule has 0 radical (unpaired) electrons. The highest BCUT2D eigenvalue weighted by Crippen LogP contribution is 2.37.